The van der Waals surface area contributed by atoms with Crippen LogP contribution in [0.5, 0.6) is 0 Å². The fourth-order valence-corrected chi connectivity index (χ4v) is 2.93. The van der Waals surface area contributed by atoms with Crippen LogP contribution in [0.25, 0.3) is 0 Å². The number of pyridine rings is 1. The summed E-state index contributed by atoms with van der Waals surface area (Å²) in [5.41, 5.74) is 1.15. The zero-order valence-corrected chi connectivity index (χ0v) is 12.7. The normalized spacial score (nSPS) is 23.2. The van der Waals surface area contributed by atoms with Crippen LogP contribution in [0.2, 0.25) is 0 Å². The van der Waals surface area contributed by atoms with Gasteiger partial charge in [-0.25, -0.2) is 4.98 Å². The molecule has 110 valence electrons. The van der Waals surface area contributed by atoms with Gasteiger partial charge in [0.1, 0.15) is 5.82 Å². The number of hydrogen-bond donors (Lipinski definition) is 1. The van der Waals surface area contributed by atoms with E-state index in [1.165, 1.54) is 32.2 Å². The van der Waals surface area contributed by atoms with Crippen molar-refractivity contribution in [2.45, 2.75) is 44.3 Å². The van der Waals surface area contributed by atoms with E-state index >= 15 is 0 Å². The Morgan fingerprint density at radius 2 is 2.20 bits per heavy atom. The third kappa shape index (κ3) is 3.49. The van der Waals surface area contributed by atoms with E-state index in [1.807, 2.05) is 0 Å². The molecular weight excluding hydrogens is 248 g/mol. The van der Waals surface area contributed by atoms with Crippen molar-refractivity contribution in [3.8, 4) is 0 Å². The highest BCUT2D eigenvalue weighted by molar-refractivity contribution is 5.38. The van der Waals surface area contributed by atoms with Gasteiger partial charge in [0, 0.05) is 32.2 Å². The average Bonchev–Trinajstić information content (AvgIpc) is 3.21. The van der Waals surface area contributed by atoms with Crippen molar-refractivity contribution >= 4 is 5.82 Å². The van der Waals surface area contributed by atoms with Crippen molar-refractivity contribution in [1.82, 2.24) is 15.2 Å². The first kappa shape index (κ1) is 13.8. The molecule has 1 aromatic rings. The van der Waals surface area contributed by atoms with Crippen molar-refractivity contribution in [2.24, 2.45) is 0 Å². The number of likely N-dealkylation sites (N-methyl/N-ethyl adjacent to an activating group) is 2. The van der Waals surface area contributed by atoms with Gasteiger partial charge in [-0.3, -0.25) is 0 Å². The van der Waals surface area contributed by atoms with Crippen LogP contribution in [0.3, 0.4) is 0 Å². The molecule has 20 heavy (non-hydrogen) atoms. The van der Waals surface area contributed by atoms with Crippen molar-refractivity contribution in [3.63, 3.8) is 0 Å². The van der Waals surface area contributed by atoms with Gasteiger partial charge in [0.05, 0.1) is 5.69 Å². The minimum Gasteiger partial charge on any atom is -0.358 e. The molecule has 1 aromatic heterocycles. The van der Waals surface area contributed by atoms with Gasteiger partial charge in [0.15, 0.2) is 0 Å². The summed E-state index contributed by atoms with van der Waals surface area (Å²) < 4.78 is 0. The Kier molecular flexibility index (Phi) is 4.22. The molecule has 0 aromatic carbocycles. The van der Waals surface area contributed by atoms with Gasteiger partial charge < -0.3 is 15.1 Å². The first-order valence-corrected chi connectivity index (χ1v) is 7.83. The van der Waals surface area contributed by atoms with Gasteiger partial charge in [0.25, 0.3) is 0 Å². The summed E-state index contributed by atoms with van der Waals surface area (Å²) in [7, 11) is 4.39. The van der Waals surface area contributed by atoms with Crippen molar-refractivity contribution in [2.75, 3.05) is 32.1 Å². The second-order valence-electron chi connectivity index (χ2n) is 6.30. The minimum absolute atomic E-state index is 0.676. The third-order valence-corrected chi connectivity index (χ3v) is 4.49. The monoisotopic (exact) mass is 274 g/mol. The van der Waals surface area contributed by atoms with E-state index in [1.54, 1.807) is 0 Å². The van der Waals surface area contributed by atoms with E-state index in [0.29, 0.717) is 6.04 Å². The molecule has 4 heteroatoms. The Labute approximate surface area is 122 Å². The zero-order valence-electron chi connectivity index (χ0n) is 12.7. The molecule has 4 nitrogen and oxygen atoms in total. The molecule has 1 N–H and O–H groups in total. The van der Waals surface area contributed by atoms with Crippen LogP contribution in [0.15, 0.2) is 18.2 Å². The Hall–Kier alpha value is -1.13. The summed E-state index contributed by atoms with van der Waals surface area (Å²) in [5, 5.41) is 3.53. The molecule has 2 aliphatic rings. The number of aromatic nitrogens is 1. The molecule has 2 fully saturated rings. The number of nitrogens with zero attached hydrogens (tertiary/aromatic N) is 3. The number of rotatable bonds is 6. The lowest BCUT2D eigenvalue weighted by atomic mass is 10.2. The summed E-state index contributed by atoms with van der Waals surface area (Å²) in [4.78, 5) is 9.55. The second-order valence-corrected chi connectivity index (χ2v) is 6.30. The predicted molar refractivity (Wildman–Crippen MR) is 83.0 cm³/mol. The van der Waals surface area contributed by atoms with Crippen molar-refractivity contribution in [3.05, 3.63) is 23.9 Å². The molecule has 0 spiro atoms. The second kappa shape index (κ2) is 6.10. The molecule has 1 aliphatic heterocycles. The quantitative estimate of drug-likeness (QED) is 0.858. The molecule has 1 unspecified atom stereocenters. The van der Waals surface area contributed by atoms with Gasteiger partial charge in [-0.15, -0.1) is 0 Å². The molecule has 0 radical (unpaired) electrons. The summed E-state index contributed by atoms with van der Waals surface area (Å²) in [6.45, 7) is 3.20. The van der Waals surface area contributed by atoms with E-state index in [4.69, 9.17) is 4.98 Å². The molecule has 1 saturated heterocycles. The Balaban J connectivity index is 1.58. The van der Waals surface area contributed by atoms with Crippen molar-refractivity contribution < 1.29 is 0 Å². The lowest BCUT2D eigenvalue weighted by molar-refractivity contribution is 0.314. The number of hydrogen-bond acceptors (Lipinski definition) is 4. The topological polar surface area (TPSA) is 31.4 Å². The lowest BCUT2D eigenvalue weighted by Gasteiger charge is -2.26. The molecular formula is C16H26N4. The van der Waals surface area contributed by atoms with Gasteiger partial charge >= 0.3 is 0 Å². The van der Waals surface area contributed by atoms with Crippen LogP contribution in [0.1, 0.15) is 31.4 Å². The molecule has 1 atom stereocenters. The van der Waals surface area contributed by atoms with E-state index < -0.39 is 0 Å². The standard InChI is InChI=1S/C16H26N4/c1-19-10-4-6-15(19)12-20(2)16-7-3-5-14(18-16)11-17-13-8-9-13/h3,5,7,13,15,17H,4,6,8-12H2,1-2H3. The van der Waals surface area contributed by atoms with E-state index in [0.717, 1.165) is 30.6 Å². The Bertz CT molecular complexity index is 444. The average molecular weight is 274 g/mol. The van der Waals surface area contributed by atoms with Crippen LogP contribution in [-0.4, -0.2) is 49.2 Å². The summed E-state index contributed by atoms with van der Waals surface area (Å²) in [6.07, 6.45) is 5.29. The highest BCUT2D eigenvalue weighted by atomic mass is 15.2. The zero-order chi connectivity index (χ0) is 13.9. The molecule has 3 rings (SSSR count). The SMILES string of the molecule is CN(CC1CCCN1C)c1cccc(CNC2CC2)n1. The summed E-state index contributed by atoms with van der Waals surface area (Å²) in [5.74, 6) is 1.10. The molecule has 0 bridgehead atoms. The third-order valence-electron chi connectivity index (χ3n) is 4.49. The maximum Gasteiger partial charge on any atom is 0.128 e. The minimum atomic E-state index is 0.676. The number of nitrogens with one attached hydrogen (secondary N) is 1. The summed E-state index contributed by atoms with van der Waals surface area (Å²) in [6, 6.07) is 7.78. The van der Waals surface area contributed by atoms with Gasteiger partial charge in [-0.05, 0) is 51.4 Å². The van der Waals surface area contributed by atoms with Gasteiger partial charge in [0.2, 0.25) is 0 Å². The first-order valence-electron chi connectivity index (χ1n) is 7.83. The highest BCUT2D eigenvalue weighted by Crippen LogP contribution is 2.20. The van der Waals surface area contributed by atoms with Crippen LogP contribution >= 0.6 is 0 Å². The summed E-state index contributed by atoms with van der Waals surface area (Å²) >= 11 is 0. The maximum atomic E-state index is 4.78. The molecule has 2 heterocycles. The number of likely N-dealkylation sites (tertiary alicyclic amines) is 1. The van der Waals surface area contributed by atoms with E-state index in [-0.39, 0.29) is 0 Å². The van der Waals surface area contributed by atoms with E-state index in [2.05, 4.69) is 47.4 Å². The number of anilines is 1. The van der Waals surface area contributed by atoms with Crippen LogP contribution in [-0.2, 0) is 6.54 Å². The van der Waals surface area contributed by atoms with Gasteiger partial charge in [-0.2, -0.15) is 0 Å². The molecule has 1 saturated carbocycles. The molecule has 0 amide bonds. The fourth-order valence-electron chi connectivity index (χ4n) is 2.93. The highest BCUT2D eigenvalue weighted by Gasteiger charge is 2.23. The van der Waals surface area contributed by atoms with E-state index in [9.17, 15) is 0 Å². The van der Waals surface area contributed by atoms with Crippen LogP contribution in [0, 0.1) is 0 Å². The van der Waals surface area contributed by atoms with Gasteiger partial charge in [-0.1, -0.05) is 6.07 Å². The predicted octanol–water partition coefficient (Wildman–Crippen LogP) is 1.86. The first-order chi connectivity index (χ1) is 9.72. The fraction of sp³-hybridized carbons (Fsp3) is 0.688. The Morgan fingerprint density at radius 3 is 2.90 bits per heavy atom. The smallest absolute Gasteiger partial charge is 0.128 e. The molecule has 1 aliphatic carbocycles. The Morgan fingerprint density at radius 1 is 1.35 bits per heavy atom. The largest absolute Gasteiger partial charge is 0.358 e. The van der Waals surface area contributed by atoms with Crippen LogP contribution in [0.4, 0.5) is 5.82 Å². The lowest BCUT2D eigenvalue weighted by Crippen LogP contribution is -2.37. The van der Waals surface area contributed by atoms with Crippen LogP contribution < -0.4 is 10.2 Å². The maximum absolute atomic E-state index is 4.78. The van der Waals surface area contributed by atoms with Crippen molar-refractivity contribution in [1.29, 1.82) is 0 Å².